The number of carbonyl (C=O) groups is 1. The molecule has 5 heteroatoms. The Bertz CT molecular complexity index is 606. The van der Waals surface area contributed by atoms with Crippen molar-refractivity contribution in [1.29, 1.82) is 0 Å². The van der Waals surface area contributed by atoms with Crippen LogP contribution in [0.25, 0.3) is 0 Å². The zero-order valence-corrected chi connectivity index (χ0v) is 11.2. The highest BCUT2D eigenvalue weighted by Crippen LogP contribution is 2.21. The smallest absolute Gasteiger partial charge is 0.330 e. The van der Waals surface area contributed by atoms with Gasteiger partial charge in [0.1, 0.15) is 5.82 Å². The van der Waals surface area contributed by atoms with Gasteiger partial charge in [-0.3, -0.25) is 4.98 Å². The van der Waals surface area contributed by atoms with Crippen molar-refractivity contribution < 1.29 is 14.3 Å². The van der Waals surface area contributed by atoms with Gasteiger partial charge in [-0.2, -0.15) is 0 Å². The molecule has 0 amide bonds. The van der Waals surface area contributed by atoms with Crippen LogP contribution in [0.4, 0.5) is 10.1 Å². The molecule has 2 N–H and O–H groups in total. The summed E-state index contributed by atoms with van der Waals surface area (Å²) in [6.07, 6.45) is 1.51. The monoisotopic (exact) mass is 274 g/mol. The lowest BCUT2D eigenvalue weighted by Gasteiger charge is -2.16. The van der Waals surface area contributed by atoms with E-state index in [-0.39, 0.29) is 0 Å². The van der Waals surface area contributed by atoms with Gasteiger partial charge in [0.25, 0.3) is 0 Å². The van der Waals surface area contributed by atoms with Gasteiger partial charge in [-0.05, 0) is 43.7 Å². The quantitative estimate of drug-likeness (QED) is 0.899. The minimum Gasteiger partial charge on any atom is -0.479 e. The average Bonchev–Trinajstić information content (AvgIpc) is 2.36. The third-order valence-electron chi connectivity index (χ3n) is 2.87. The second-order valence-corrected chi connectivity index (χ2v) is 4.67. The van der Waals surface area contributed by atoms with E-state index < -0.39 is 17.8 Å². The number of carboxylic acid groups (broad SMARTS) is 1. The van der Waals surface area contributed by atoms with Crippen molar-refractivity contribution in [2.24, 2.45) is 0 Å². The maximum absolute atomic E-state index is 13.3. The van der Waals surface area contributed by atoms with Gasteiger partial charge >= 0.3 is 5.97 Å². The molecule has 0 aliphatic rings. The number of aromatic nitrogens is 1. The molecule has 0 saturated heterocycles. The van der Waals surface area contributed by atoms with Crippen LogP contribution in [0.2, 0.25) is 0 Å². The summed E-state index contributed by atoms with van der Waals surface area (Å²) >= 11 is 0. The lowest BCUT2D eigenvalue weighted by atomic mass is 10.1. The van der Waals surface area contributed by atoms with E-state index in [9.17, 15) is 14.3 Å². The molecule has 1 aromatic heterocycles. The zero-order valence-electron chi connectivity index (χ0n) is 11.2. The van der Waals surface area contributed by atoms with Gasteiger partial charge in [-0.1, -0.05) is 6.07 Å². The Balaban J connectivity index is 2.30. The molecule has 0 bridgehead atoms. The molecule has 0 fully saturated rings. The first kappa shape index (κ1) is 14.0. The van der Waals surface area contributed by atoms with Crippen LogP contribution in [0.5, 0.6) is 0 Å². The first-order valence-electron chi connectivity index (χ1n) is 6.15. The third kappa shape index (κ3) is 3.32. The fourth-order valence-electron chi connectivity index (χ4n) is 1.92. The molecule has 0 saturated carbocycles. The Labute approximate surface area is 116 Å². The number of anilines is 1. The van der Waals surface area contributed by atoms with Crippen LogP contribution in [0, 0.1) is 19.7 Å². The molecule has 0 aliphatic heterocycles. The molecule has 0 radical (unpaired) electrons. The van der Waals surface area contributed by atoms with E-state index in [1.165, 1.54) is 18.3 Å². The number of rotatable bonds is 4. The Morgan fingerprint density at radius 3 is 2.60 bits per heavy atom. The normalized spacial score (nSPS) is 11.9. The van der Waals surface area contributed by atoms with Gasteiger partial charge in [-0.25, -0.2) is 9.18 Å². The largest absolute Gasteiger partial charge is 0.479 e. The number of aliphatic carboxylic acids is 1. The second kappa shape index (κ2) is 5.69. The molecule has 104 valence electrons. The molecule has 4 nitrogen and oxygen atoms in total. The van der Waals surface area contributed by atoms with Crippen LogP contribution in [-0.4, -0.2) is 16.1 Å². The van der Waals surface area contributed by atoms with Crippen molar-refractivity contribution in [3.63, 3.8) is 0 Å². The van der Waals surface area contributed by atoms with Gasteiger partial charge in [0.15, 0.2) is 6.04 Å². The van der Waals surface area contributed by atoms with Crippen LogP contribution in [-0.2, 0) is 4.79 Å². The highest BCUT2D eigenvalue weighted by molar-refractivity contribution is 5.79. The summed E-state index contributed by atoms with van der Waals surface area (Å²) in [6.45, 7) is 3.57. The van der Waals surface area contributed by atoms with Gasteiger partial charge in [-0.15, -0.1) is 0 Å². The third-order valence-corrected chi connectivity index (χ3v) is 2.87. The summed E-state index contributed by atoms with van der Waals surface area (Å²) in [4.78, 5) is 15.5. The Hall–Kier alpha value is -2.43. The molecule has 0 aliphatic carbocycles. The van der Waals surface area contributed by atoms with Gasteiger partial charge in [0, 0.05) is 23.1 Å². The number of nitrogens with zero attached hydrogens (tertiary/aromatic N) is 1. The molecular weight excluding hydrogens is 259 g/mol. The molecule has 1 aromatic carbocycles. The summed E-state index contributed by atoms with van der Waals surface area (Å²) in [6, 6.07) is 6.81. The first-order valence-corrected chi connectivity index (χ1v) is 6.15. The minimum absolute atomic E-state index is 0.404. The van der Waals surface area contributed by atoms with Crippen molar-refractivity contribution >= 4 is 11.7 Å². The number of hydrogen-bond donors (Lipinski definition) is 2. The molecule has 20 heavy (non-hydrogen) atoms. The van der Waals surface area contributed by atoms with E-state index in [2.05, 4.69) is 10.3 Å². The minimum atomic E-state index is -1.04. The van der Waals surface area contributed by atoms with Gasteiger partial charge < -0.3 is 10.4 Å². The summed E-state index contributed by atoms with van der Waals surface area (Å²) in [5.41, 5.74) is 2.47. The topological polar surface area (TPSA) is 62.2 Å². The highest BCUT2D eigenvalue weighted by atomic mass is 19.1. The van der Waals surface area contributed by atoms with Gasteiger partial charge in [0.05, 0.1) is 0 Å². The predicted octanol–water partition coefficient (Wildman–Crippen LogP) is 3.08. The van der Waals surface area contributed by atoms with Crippen molar-refractivity contribution in [3.05, 3.63) is 59.2 Å². The fourth-order valence-corrected chi connectivity index (χ4v) is 1.92. The molecule has 1 unspecified atom stereocenters. The van der Waals surface area contributed by atoms with E-state index in [0.29, 0.717) is 11.3 Å². The predicted molar refractivity (Wildman–Crippen MR) is 74.1 cm³/mol. The van der Waals surface area contributed by atoms with Crippen molar-refractivity contribution in [2.75, 3.05) is 5.32 Å². The van der Waals surface area contributed by atoms with Gasteiger partial charge in [0.2, 0.25) is 0 Å². The van der Waals surface area contributed by atoms with E-state index in [0.717, 1.165) is 11.3 Å². The number of nitrogens with one attached hydrogen (secondary N) is 1. The summed E-state index contributed by atoms with van der Waals surface area (Å²) in [7, 11) is 0. The number of carboxylic acids is 1. The van der Waals surface area contributed by atoms with Crippen molar-refractivity contribution in [2.45, 2.75) is 19.9 Å². The Morgan fingerprint density at radius 2 is 2.05 bits per heavy atom. The van der Waals surface area contributed by atoms with Crippen LogP contribution >= 0.6 is 0 Å². The molecule has 1 heterocycles. The zero-order chi connectivity index (χ0) is 14.7. The summed E-state index contributed by atoms with van der Waals surface area (Å²) in [5.74, 6) is -1.45. The van der Waals surface area contributed by atoms with Crippen molar-refractivity contribution in [1.82, 2.24) is 4.98 Å². The number of hydrogen-bond acceptors (Lipinski definition) is 3. The Kier molecular flexibility index (Phi) is 3.98. The number of halogens is 1. The second-order valence-electron chi connectivity index (χ2n) is 4.67. The van der Waals surface area contributed by atoms with Crippen LogP contribution in [0.3, 0.4) is 0 Å². The first-order chi connectivity index (χ1) is 9.45. The average molecular weight is 274 g/mol. The van der Waals surface area contributed by atoms with Crippen LogP contribution in [0.15, 0.2) is 36.5 Å². The molecule has 1 atom stereocenters. The van der Waals surface area contributed by atoms with Crippen molar-refractivity contribution in [3.8, 4) is 0 Å². The van der Waals surface area contributed by atoms with Crippen LogP contribution < -0.4 is 5.32 Å². The molecule has 0 spiro atoms. The standard InChI is InChI=1S/C15H15FN2O2/c1-9-5-12(16)7-13(6-9)18-14(15(19)20)11-4-3-10(2)17-8-11/h3-8,14,18H,1-2H3,(H,19,20). The lowest BCUT2D eigenvalue weighted by Crippen LogP contribution is -2.20. The van der Waals surface area contributed by atoms with E-state index >= 15 is 0 Å². The summed E-state index contributed by atoms with van der Waals surface area (Å²) < 4.78 is 13.3. The maximum atomic E-state index is 13.3. The van der Waals surface area contributed by atoms with E-state index in [1.807, 2.05) is 6.92 Å². The Morgan fingerprint density at radius 1 is 1.30 bits per heavy atom. The van der Waals surface area contributed by atoms with E-state index in [4.69, 9.17) is 0 Å². The fraction of sp³-hybridized carbons (Fsp3) is 0.200. The molecule has 2 rings (SSSR count). The number of pyridine rings is 1. The molecular formula is C15H15FN2O2. The number of benzene rings is 1. The SMILES string of the molecule is Cc1cc(F)cc(NC(C(=O)O)c2ccc(C)nc2)c1. The van der Waals surface area contributed by atoms with E-state index in [1.54, 1.807) is 25.1 Å². The highest BCUT2D eigenvalue weighted by Gasteiger charge is 2.20. The summed E-state index contributed by atoms with van der Waals surface area (Å²) in [5, 5.41) is 12.1. The number of aryl methyl sites for hydroxylation is 2. The van der Waals surface area contributed by atoms with Crippen LogP contribution in [0.1, 0.15) is 22.9 Å². The maximum Gasteiger partial charge on any atom is 0.330 e. The lowest BCUT2D eigenvalue weighted by molar-refractivity contribution is -0.138. The molecule has 2 aromatic rings.